The summed E-state index contributed by atoms with van der Waals surface area (Å²) in [6.45, 7) is 0.511. The van der Waals surface area contributed by atoms with Crippen molar-refractivity contribution in [1.82, 2.24) is 9.55 Å². The van der Waals surface area contributed by atoms with Crippen LogP contribution in [0.1, 0.15) is 5.69 Å². The van der Waals surface area contributed by atoms with Crippen LogP contribution in [0, 0.1) is 5.82 Å². The SMILES string of the molecule is CN(C)c1ncc(CNc2c(F)cccc2Br)n1C. The molecule has 1 N–H and O–H groups in total. The molecule has 0 aliphatic rings. The van der Waals surface area contributed by atoms with Gasteiger partial charge in [-0.3, -0.25) is 0 Å². The molecule has 0 saturated heterocycles. The Bertz CT molecular complexity index is 560. The highest BCUT2D eigenvalue weighted by atomic mass is 79.9. The quantitative estimate of drug-likeness (QED) is 0.937. The number of nitrogens with zero attached hydrogens (tertiary/aromatic N) is 3. The third kappa shape index (κ3) is 2.89. The summed E-state index contributed by atoms with van der Waals surface area (Å²) in [4.78, 5) is 6.25. The first-order valence-electron chi connectivity index (χ1n) is 5.86. The molecule has 6 heteroatoms. The Kier molecular flexibility index (Phi) is 4.09. The van der Waals surface area contributed by atoms with Gasteiger partial charge in [0.1, 0.15) is 5.82 Å². The lowest BCUT2D eigenvalue weighted by Gasteiger charge is -2.14. The standard InChI is InChI=1S/C13H16BrFN4/c1-18(2)13-17-8-9(19(13)3)7-16-12-10(14)5-4-6-11(12)15/h4-6,8,16H,7H2,1-3H3. The summed E-state index contributed by atoms with van der Waals surface area (Å²) in [5, 5.41) is 3.09. The van der Waals surface area contributed by atoms with Gasteiger partial charge in [-0.25, -0.2) is 9.37 Å². The third-order valence-corrected chi connectivity index (χ3v) is 3.53. The predicted molar refractivity (Wildman–Crippen MR) is 79.0 cm³/mol. The van der Waals surface area contributed by atoms with Gasteiger partial charge in [-0.2, -0.15) is 0 Å². The molecule has 0 saturated carbocycles. The number of halogens is 2. The van der Waals surface area contributed by atoms with Crippen molar-refractivity contribution in [2.75, 3.05) is 24.3 Å². The molecular formula is C13H16BrFN4. The van der Waals surface area contributed by atoms with Crippen molar-refractivity contribution in [1.29, 1.82) is 0 Å². The van der Waals surface area contributed by atoms with E-state index >= 15 is 0 Å². The van der Waals surface area contributed by atoms with Crippen LogP contribution in [0.4, 0.5) is 16.0 Å². The number of hydrogen-bond acceptors (Lipinski definition) is 3. The van der Waals surface area contributed by atoms with E-state index in [1.165, 1.54) is 6.07 Å². The minimum absolute atomic E-state index is 0.274. The number of aromatic nitrogens is 2. The molecule has 0 aliphatic carbocycles. The third-order valence-electron chi connectivity index (χ3n) is 2.87. The fraction of sp³-hybridized carbons (Fsp3) is 0.308. The molecule has 1 heterocycles. The molecule has 1 aromatic carbocycles. The maximum absolute atomic E-state index is 13.7. The molecule has 2 rings (SSSR count). The van der Waals surface area contributed by atoms with Crippen LogP contribution in [0.25, 0.3) is 0 Å². The summed E-state index contributed by atoms with van der Waals surface area (Å²) in [5.41, 5.74) is 1.45. The monoisotopic (exact) mass is 326 g/mol. The van der Waals surface area contributed by atoms with Gasteiger partial charge in [0.25, 0.3) is 0 Å². The van der Waals surface area contributed by atoms with E-state index in [1.807, 2.05) is 30.6 Å². The Morgan fingerprint density at radius 2 is 2.16 bits per heavy atom. The molecule has 0 bridgehead atoms. The smallest absolute Gasteiger partial charge is 0.204 e. The van der Waals surface area contributed by atoms with Crippen molar-refractivity contribution in [2.45, 2.75) is 6.54 Å². The lowest BCUT2D eigenvalue weighted by molar-refractivity contribution is 0.629. The van der Waals surface area contributed by atoms with Gasteiger partial charge in [0.05, 0.1) is 24.1 Å². The van der Waals surface area contributed by atoms with Gasteiger partial charge in [-0.15, -0.1) is 0 Å². The average Bonchev–Trinajstić information content (AvgIpc) is 2.70. The lowest BCUT2D eigenvalue weighted by atomic mass is 10.3. The highest BCUT2D eigenvalue weighted by Crippen LogP contribution is 2.25. The summed E-state index contributed by atoms with van der Waals surface area (Å²) in [7, 11) is 5.82. The van der Waals surface area contributed by atoms with Crippen molar-refractivity contribution in [3.8, 4) is 0 Å². The van der Waals surface area contributed by atoms with Gasteiger partial charge in [0, 0.05) is 25.6 Å². The maximum Gasteiger partial charge on any atom is 0.204 e. The first kappa shape index (κ1) is 13.9. The highest BCUT2D eigenvalue weighted by Gasteiger charge is 2.10. The second-order valence-corrected chi connectivity index (χ2v) is 5.31. The predicted octanol–water partition coefficient (Wildman–Crippen LogP) is 3.00. The largest absolute Gasteiger partial charge is 0.376 e. The van der Waals surface area contributed by atoms with E-state index in [2.05, 4.69) is 26.2 Å². The van der Waals surface area contributed by atoms with E-state index in [-0.39, 0.29) is 5.82 Å². The topological polar surface area (TPSA) is 33.1 Å². The number of imidazole rings is 1. The Hall–Kier alpha value is -1.56. The van der Waals surface area contributed by atoms with Crippen LogP contribution >= 0.6 is 15.9 Å². The van der Waals surface area contributed by atoms with Crippen LogP contribution in [0.5, 0.6) is 0 Å². The molecule has 0 spiro atoms. The molecule has 1 aromatic heterocycles. The van der Waals surface area contributed by atoms with Gasteiger partial charge in [0.15, 0.2) is 0 Å². The highest BCUT2D eigenvalue weighted by molar-refractivity contribution is 9.10. The fourth-order valence-corrected chi connectivity index (χ4v) is 2.34. The maximum atomic E-state index is 13.7. The zero-order valence-electron chi connectivity index (χ0n) is 11.1. The molecule has 19 heavy (non-hydrogen) atoms. The van der Waals surface area contributed by atoms with Gasteiger partial charge in [-0.05, 0) is 28.1 Å². The van der Waals surface area contributed by atoms with Gasteiger partial charge in [0.2, 0.25) is 5.95 Å². The molecule has 102 valence electrons. The number of hydrogen-bond donors (Lipinski definition) is 1. The molecule has 0 amide bonds. The first-order chi connectivity index (χ1) is 9.00. The Labute approximate surface area is 120 Å². The zero-order chi connectivity index (χ0) is 14.0. The molecular weight excluding hydrogens is 311 g/mol. The molecule has 2 aromatic rings. The fourth-order valence-electron chi connectivity index (χ4n) is 1.86. The van der Waals surface area contributed by atoms with E-state index in [4.69, 9.17) is 0 Å². The van der Waals surface area contributed by atoms with E-state index < -0.39 is 0 Å². The number of para-hydroxylation sites is 1. The van der Waals surface area contributed by atoms with Gasteiger partial charge in [-0.1, -0.05) is 6.07 Å². The Morgan fingerprint density at radius 3 is 2.74 bits per heavy atom. The van der Waals surface area contributed by atoms with Crippen molar-refractivity contribution in [3.63, 3.8) is 0 Å². The second kappa shape index (κ2) is 5.61. The summed E-state index contributed by atoms with van der Waals surface area (Å²) in [6.07, 6.45) is 1.79. The van der Waals surface area contributed by atoms with E-state index in [0.717, 1.165) is 11.6 Å². The number of benzene rings is 1. The average molecular weight is 327 g/mol. The van der Waals surface area contributed by atoms with E-state index in [0.29, 0.717) is 16.7 Å². The molecule has 4 nitrogen and oxygen atoms in total. The van der Waals surface area contributed by atoms with Crippen LogP contribution < -0.4 is 10.2 Å². The number of nitrogens with one attached hydrogen (secondary N) is 1. The van der Waals surface area contributed by atoms with Crippen LogP contribution in [-0.2, 0) is 13.6 Å². The Morgan fingerprint density at radius 1 is 1.42 bits per heavy atom. The first-order valence-corrected chi connectivity index (χ1v) is 6.66. The summed E-state index contributed by atoms with van der Waals surface area (Å²) >= 11 is 3.33. The second-order valence-electron chi connectivity index (χ2n) is 4.45. The Balaban J connectivity index is 2.15. The van der Waals surface area contributed by atoms with Crippen LogP contribution in [0.2, 0.25) is 0 Å². The van der Waals surface area contributed by atoms with Crippen LogP contribution in [-0.4, -0.2) is 23.6 Å². The van der Waals surface area contributed by atoms with Crippen LogP contribution in [0.3, 0.4) is 0 Å². The van der Waals surface area contributed by atoms with Crippen LogP contribution in [0.15, 0.2) is 28.9 Å². The molecule has 0 fully saturated rings. The molecule has 0 unspecified atom stereocenters. The molecule has 0 radical (unpaired) electrons. The van der Waals surface area contributed by atoms with Crippen molar-refractivity contribution in [3.05, 3.63) is 40.4 Å². The summed E-state index contributed by atoms with van der Waals surface area (Å²) in [5.74, 6) is 0.591. The zero-order valence-corrected chi connectivity index (χ0v) is 12.7. The number of rotatable bonds is 4. The summed E-state index contributed by atoms with van der Waals surface area (Å²) in [6, 6.07) is 4.90. The molecule has 0 aliphatic heterocycles. The van der Waals surface area contributed by atoms with Gasteiger partial charge < -0.3 is 14.8 Å². The lowest BCUT2D eigenvalue weighted by Crippen LogP contribution is -2.15. The normalized spacial score (nSPS) is 10.6. The van der Waals surface area contributed by atoms with Crippen molar-refractivity contribution in [2.24, 2.45) is 7.05 Å². The van der Waals surface area contributed by atoms with Gasteiger partial charge >= 0.3 is 0 Å². The van der Waals surface area contributed by atoms with Crippen molar-refractivity contribution >= 4 is 27.6 Å². The van der Waals surface area contributed by atoms with E-state index in [1.54, 1.807) is 18.3 Å². The molecule has 0 atom stereocenters. The summed E-state index contributed by atoms with van der Waals surface area (Å²) < 4.78 is 16.3. The minimum atomic E-state index is -0.274. The van der Waals surface area contributed by atoms with Crippen molar-refractivity contribution < 1.29 is 4.39 Å². The minimum Gasteiger partial charge on any atom is -0.376 e. The van der Waals surface area contributed by atoms with E-state index in [9.17, 15) is 4.39 Å². The number of anilines is 2.